The molecular weight excluding hydrogens is 592 g/mol. The van der Waals surface area contributed by atoms with Gasteiger partial charge < -0.3 is 29.9 Å². The Labute approximate surface area is 248 Å². The van der Waals surface area contributed by atoms with Crippen molar-refractivity contribution in [1.29, 1.82) is 0 Å². The topological polar surface area (TPSA) is 260 Å². The van der Waals surface area contributed by atoms with Crippen LogP contribution in [0.15, 0.2) is 48.5 Å². The van der Waals surface area contributed by atoms with Crippen LogP contribution in [0.3, 0.4) is 0 Å². The second-order valence-electron chi connectivity index (χ2n) is 9.20. The van der Waals surface area contributed by atoms with Gasteiger partial charge in [0.15, 0.2) is 0 Å². The summed E-state index contributed by atoms with van der Waals surface area (Å²) in [5.41, 5.74) is -0.754. The summed E-state index contributed by atoms with van der Waals surface area (Å²) >= 11 is 0. The van der Waals surface area contributed by atoms with Crippen molar-refractivity contribution in [3.63, 3.8) is 0 Å². The smallest absolute Gasteiger partial charge is 0.317 e. The summed E-state index contributed by atoms with van der Waals surface area (Å²) in [4.78, 5) is 69.6. The van der Waals surface area contributed by atoms with Crippen LogP contribution < -0.4 is 0 Å². The van der Waals surface area contributed by atoms with Gasteiger partial charge >= 0.3 is 23.9 Å². The molecule has 0 aromatic heterocycles. The largest absolute Gasteiger partial charge is 0.480 e. The first-order chi connectivity index (χ1) is 20.8. The molecule has 18 nitrogen and oxygen atoms in total. The Hall–Kier alpha value is -5.04. The monoisotopic (exact) mass is 622 g/mol. The number of nitrogens with zero attached hydrogens (tertiary/aromatic N) is 4. The SMILES string of the molecule is O=C(O)CN(CC(=O)O)C(COCCOCC(c1ccccc1[N+](=O)[O-])N(CC(=O)O)CC(=O)O)c1ccccc1[N+](=O)[O-]. The lowest BCUT2D eigenvalue weighted by Crippen LogP contribution is -2.40. The van der Waals surface area contributed by atoms with Crippen LogP contribution in [0, 0.1) is 20.2 Å². The Morgan fingerprint density at radius 2 is 0.909 bits per heavy atom. The minimum atomic E-state index is -1.38. The second kappa shape index (κ2) is 17.2. The molecule has 18 heteroatoms. The molecular formula is C26H30N4O14. The molecule has 2 atom stereocenters. The van der Waals surface area contributed by atoms with Gasteiger partial charge in [-0.3, -0.25) is 49.2 Å². The number of carbonyl (C=O) groups is 4. The quantitative estimate of drug-likeness (QED) is 0.0867. The summed E-state index contributed by atoms with van der Waals surface area (Å²) in [5.74, 6) is -5.53. The molecule has 0 aliphatic rings. The second-order valence-corrected chi connectivity index (χ2v) is 9.20. The zero-order chi connectivity index (χ0) is 32.8. The number of carboxylic acids is 4. The number of hydrogen-bond donors (Lipinski definition) is 4. The van der Waals surface area contributed by atoms with Gasteiger partial charge in [-0.05, 0) is 0 Å². The fourth-order valence-electron chi connectivity index (χ4n) is 4.41. The number of carboxylic acid groups (broad SMARTS) is 4. The lowest BCUT2D eigenvalue weighted by atomic mass is 10.0. The van der Waals surface area contributed by atoms with Crippen molar-refractivity contribution in [3.8, 4) is 0 Å². The first-order valence-electron chi connectivity index (χ1n) is 12.8. The van der Waals surface area contributed by atoms with Crippen molar-refractivity contribution in [2.24, 2.45) is 0 Å². The van der Waals surface area contributed by atoms with E-state index in [1.807, 2.05) is 0 Å². The van der Waals surface area contributed by atoms with Crippen LogP contribution in [-0.4, -0.2) is 117 Å². The summed E-state index contributed by atoms with van der Waals surface area (Å²) in [6.45, 7) is -4.35. The van der Waals surface area contributed by atoms with Crippen LogP contribution >= 0.6 is 0 Å². The van der Waals surface area contributed by atoms with Gasteiger partial charge in [-0.2, -0.15) is 0 Å². The highest BCUT2D eigenvalue weighted by atomic mass is 16.6. The molecule has 0 spiro atoms. The highest BCUT2D eigenvalue weighted by molar-refractivity contribution is 5.73. The number of benzene rings is 2. The predicted octanol–water partition coefficient (Wildman–Crippen LogP) is 1.26. The van der Waals surface area contributed by atoms with Crippen molar-refractivity contribution in [1.82, 2.24) is 9.80 Å². The summed E-state index contributed by atoms with van der Waals surface area (Å²) in [7, 11) is 0. The van der Waals surface area contributed by atoms with Crippen LogP contribution in [0.5, 0.6) is 0 Å². The summed E-state index contributed by atoms with van der Waals surface area (Å²) < 4.78 is 11.2. The average Bonchev–Trinajstić information content (AvgIpc) is 2.93. The molecule has 0 aliphatic carbocycles. The molecule has 0 aliphatic heterocycles. The van der Waals surface area contributed by atoms with Gasteiger partial charge in [0, 0.05) is 23.3 Å². The highest BCUT2D eigenvalue weighted by Crippen LogP contribution is 2.31. The maximum atomic E-state index is 11.6. The maximum absolute atomic E-state index is 11.6. The van der Waals surface area contributed by atoms with E-state index in [0.29, 0.717) is 0 Å². The summed E-state index contributed by atoms with van der Waals surface area (Å²) in [6, 6.07) is 8.38. The number of rotatable bonds is 21. The predicted molar refractivity (Wildman–Crippen MR) is 147 cm³/mol. The van der Waals surface area contributed by atoms with Crippen molar-refractivity contribution < 1.29 is 58.9 Å². The van der Waals surface area contributed by atoms with Crippen LogP contribution in [0.2, 0.25) is 0 Å². The molecule has 0 bridgehead atoms. The lowest BCUT2D eigenvalue weighted by Gasteiger charge is -2.30. The van der Waals surface area contributed by atoms with Crippen LogP contribution in [0.4, 0.5) is 11.4 Å². The fraction of sp³-hybridized carbons (Fsp3) is 0.385. The standard InChI is InChI=1S/C26H30N4O14/c31-23(32)11-27(12-24(33)34)21(17-5-1-3-7-19(17)29(39)40)15-43-9-10-44-16-22(28(13-25(35)36)14-26(37)38)18-6-2-4-8-20(18)30(41)42/h1-8,21-22H,9-16H2,(H,31,32)(H,33,34)(H,35,36)(H,37,38). The minimum Gasteiger partial charge on any atom is -0.480 e. The number of hydrogen-bond acceptors (Lipinski definition) is 12. The maximum Gasteiger partial charge on any atom is 0.317 e. The van der Waals surface area contributed by atoms with Crippen molar-refractivity contribution in [3.05, 3.63) is 79.9 Å². The number of ether oxygens (including phenoxy) is 2. The van der Waals surface area contributed by atoms with E-state index in [1.165, 1.54) is 48.5 Å². The Morgan fingerprint density at radius 3 is 1.18 bits per heavy atom. The molecule has 4 N–H and O–H groups in total. The van der Waals surface area contributed by atoms with E-state index in [9.17, 15) is 59.8 Å². The van der Waals surface area contributed by atoms with Gasteiger partial charge in [-0.15, -0.1) is 0 Å². The van der Waals surface area contributed by atoms with Gasteiger partial charge in [0.05, 0.1) is 74.5 Å². The minimum absolute atomic E-state index is 0.00959. The Morgan fingerprint density at radius 1 is 0.614 bits per heavy atom. The molecule has 44 heavy (non-hydrogen) atoms. The van der Waals surface area contributed by atoms with Gasteiger partial charge in [0.1, 0.15) is 0 Å². The van der Waals surface area contributed by atoms with Gasteiger partial charge in [0.25, 0.3) is 11.4 Å². The van der Waals surface area contributed by atoms with Crippen molar-refractivity contribution in [2.45, 2.75) is 12.1 Å². The summed E-state index contributed by atoms with van der Waals surface area (Å²) in [6.07, 6.45) is 0. The molecule has 0 heterocycles. The summed E-state index contributed by atoms with van der Waals surface area (Å²) in [5, 5.41) is 60.5. The van der Waals surface area contributed by atoms with Gasteiger partial charge in [0.2, 0.25) is 0 Å². The molecule has 2 aromatic rings. The van der Waals surface area contributed by atoms with Crippen molar-refractivity contribution >= 4 is 35.3 Å². The van der Waals surface area contributed by atoms with Crippen LogP contribution in [-0.2, 0) is 28.7 Å². The van der Waals surface area contributed by atoms with E-state index in [0.717, 1.165) is 9.80 Å². The Balaban J connectivity index is 2.23. The molecule has 0 saturated heterocycles. The zero-order valence-electron chi connectivity index (χ0n) is 23.1. The number of aliphatic carboxylic acids is 4. The third kappa shape index (κ3) is 11.0. The number of para-hydroxylation sites is 2. The van der Waals surface area contributed by atoms with E-state index in [2.05, 4.69) is 0 Å². The van der Waals surface area contributed by atoms with E-state index in [-0.39, 0.29) is 35.7 Å². The third-order valence-corrected chi connectivity index (χ3v) is 6.14. The van der Waals surface area contributed by atoms with E-state index >= 15 is 0 Å². The number of nitro benzene ring substituents is 2. The molecule has 2 aromatic carbocycles. The molecule has 0 amide bonds. The Bertz CT molecular complexity index is 1220. The molecule has 0 radical (unpaired) electrons. The first kappa shape index (κ1) is 35.2. The zero-order valence-corrected chi connectivity index (χ0v) is 23.1. The number of nitro groups is 2. The Kier molecular flexibility index (Phi) is 13.7. The molecule has 0 saturated carbocycles. The molecule has 0 fully saturated rings. The van der Waals surface area contributed by atoms with Gasteiger partial charge in [-0.1, -0.05) is 36.4 Å². The van der Waals surface area contributed by atoms with E-state index < -0.39 is 85.2 Å². The lowest BCUT2D eigenvalue weighted by molar-refractivity contribution is -0.386. The van der Waals surface area contributed by atoms with E-state index in [1.54, 1.807) is 0 Å². The normalized spacial score (nSPS) is 12.5. The van der Waals surface area contributed by atoms with Crippen molar-refractivity contribution in [2.75, 3.05) is 52.6 Å². The highest BCUT2D eigenvalue weighted by Gasteiger charge is 2.32. The molecule has 2 rings (SSSR count). The molecule has 238 valence electrons. The van der Waals surface area contributed by atoms with Gasteiger partial charge in [-0.25, -0.2) is 0 Å². The van der Waals surface area contributed by atoms with E-state index in [4.69, 9.17) is 9.47 Å². The van der Waals surface area contributed by atoms with Crippen LogP contribution in [0.25, 0.3) is 0 Å². The van der Waals surface area contributed by atoms with Crippen LogP contribution in [0.1, 0.15) is 23.2 Å². The average molecular weight is 623 g/mol. The fourth-order valence-corrected chi connectivity index (χ4v) is 4.41. The molecule has 2 unspecified atom stereocenters. The first-order valence-corrected chi connectivity index (χ1v) is 12.8. The third-order valence-electron chi connectivity index (χ3n) is 6.14.